The van der Waals surface area contributed by atoms with Gasteiger partial charge in [-0.15, -0.1) is 11.3 Å². The minimum atomic E-state index is 0.599. The largest absolute Gasteiger partial charge is 0.278 e. The van der Waals surface area contributed by atoms with Crippen LogP contribution in [0.25, 0.3) is 114 Å². The quantitative estimate of drug-likeness (QED) is 0.169. The highest BCUT2D eigenvalue weighted by Gasteiger charge is 2.20. The molecule has 0 saturated heterocycles. The third kappa shape index (κ3) is 4.68. The van der Waals surface area contributed by atoms with Crippen LogP contribution in [0.15, 0.2) is 182 Å². The average molecular weight is 731 g/mol. The Morgan fingerprint density at radius 2 is 0.875 bits per heavy atom. The Labute approximate surface area is 325 Å². The first-order valence-electron chi connectivity index (χ1n) is 18.9. The molecule has 0 spiro atoms. The maximum atomic E-state index is 5.29. The van der Waals surface area contributed by atoms with Gasteiger partial charge in [-0.25, -0.2) is 4.98 Å². The van der Waals surface area contributed by atoms with Crippen LogP contribution in [-0.2, 0) is 0 Å². The van der Waals surface area contributed by atoms with E-state index in [4.69, 9.17) is 15.0 Å². The number of rotatable bonds is 4. The molecule has 12 aromatic rings. The van der Waals surface area contributed by atoms with Crippen LogP contribution in [0.5, 0.6) is 0 Å². The molecule has 9 aromatic carbocycles. The number of nitrogens with zero attached hydrogens (tertiary/aromatic N) is 4. The summed E-state index contributed by atoms with van der Waals surface area (Å²) in [6.07, 6.45) is 0. The molecule has 5 heteroatoms. The molecule has 3 aromatic heterocycles. The molecule has 0 saturated carbocycles. The van der Waals surface area contributed by atoms with E-state index in [0.29, 0.717) is 17.6 Å². The fraction of sp³-hybridized carbons (Fsp3) is 0. The SMILES string of the molecule is c1ccc(-c2nc(-c3cccc4sc5cc(-c6ccc7c8ccccc8c8ccccc8c7c6)ccc5c34)nc(-n3c4ccccc4c4ccccc43)n2)cc1. The van der Waals surface area contributed by atoms with E-state index < -0.39 is 0 Å². The molecule has 4 nitrogen and oxygen atoms in total. The van der Waals surface area contributed by atoms with Crippen LogP contribution < -0.4 is 0 Å². The summed E-state index contributed by atoms with van der Waals surface area (Å²) in [5.74, 6) is 1.89. The number of benzene rings is 9. The minimum Gasteiger partial charge on any atom is -0.278 e. The highest BCUT2D eigenvalue weighted by Crippen LogP contribution is 2.43. The first-order valence-corrected chi connectivity index (χ1v) is 19.7. The van der Waals surface area contributed by atoms with Crippen molar-refractivity contribution >= 4 is 85.6 Å². The zero-order valence-corrected chi connectivity index (χ0v) is 30.8. The average Bonchev–Trinajstić information content (AvgIpc) is 3.82. The molecular weight excluding hydrogens is 701 g/mol. The van der Waals surface area contributed by atoms with Gasteiger partial charge in [-0.1, -0.05) is 152 Å². The molecule has 0 N–H and O–H groups in total. The topological polar surface area (TPSA) is 43.6 Å². The van der Waals surface area contributed by atoms with Crippen molar-refractivity contribution in [3.05, 3.63) is 182 Å². The summed E-state index contributed by atoms with van der Waals surface area (Å²) in [4.78, 5) is 15.6. The fourth-order valence-corrected chi connectivity index (χ4v) is 9.89. The van der Waals surface area contributed by atoms with Gasteiger partial charge in [0.2, 0.25) is 5.95 Å². The third-order valence-electron chi connectivity index (χ3n) is 11.3. The van der Waals surface area contributed by atoms with Crippen molar-refractivity contribution < 1.29 is 0 Å². The maximum Gasteiger partial charge on any atom is 0.238 e. The molecule has 3 heterocycles. The Bertz CT molecular complexity index is 3460. The number of hydrogen-bond donors (Lipinski definition) is 0. The number of fused-ring (bicyclic) bond motifs is 12. The second kappa shape index (κ2) is 12.2. The van der Waals surface area contributed by atoms with E-state index in [9.17, 15) is 0 Å². The van der Waals surface area contributed by atoms with Crippen molar-refractivity contribution in [2.75, 3.05) is 0 Å². The molecule has 0 bridgehead atoms. The van der Waals surface area contributed by atoms with Gasteiger partial charge in [0.25, 0.3) is 0 Å². The lowest BCUT2D eigenvalue weighted by Crippen LogP contribution is -2.06. The van der Waals surface area contributed by atoms with Gasteiger partial charge in [-0.05, 0) is 73.8 Å². The van der Waals surface area contributed by atoms with Crippen molar-refractivity contribution in [1.29, 1.82) is 0 Å². The van der Waals surface area contributed by atoms with E-state index >= 15 is 0 Å². The summed E-state index contributed by atoms with van der Waals surface area (Å²) >= 11 is 1.82. The van der Waals surface area contributed by atoms with Gasteiger partial charge < -0.3 is 0 Å². The van der Waals surface area contributed by atoms with Crippen LogP contribution in [0.4, 0.5) is 0 Å². The first-order chi connectivity index (χ1) is 27.8. The van der Waals surface area contributed by atoms with Gasteiger partial charge in [-0.2, -0.15) is 9.97 Å². The molecule has 0 aliphatic rings. The second-order valence-electron chi connectivity index (χ2n) is 14.4. The minimum absolute atomic E-state index is 0.599. The molecule has 56 heavy (non-hydrogen) atoms. The molecule has 0 aliphatic heterocycles. The lowest BCUT2D eigenvalue weighted by atomic mass is 9.92. The predicted octanol–water partition coefficient (Wildman–Crippen LogP) is 13.8. The van der Waals surface area contributed by atoms with E-state index in [2.05, 4.69) is 168 Å². The van der Waals surface area contributed by atoms with E-state index in [0.717, 1.165) is 27.5 Å². The molecule has 0 aliphatic carbocycles. The van der Waals surface area contributed by atoms with Crippen molar-refractivity contribution in [3.8, 4) is 39.9 Å². The van der Waals surface area contributed by atoms with Crippen LogP contribution in [-0.4, -0.2) is 19.5 Å². The lowest BCUT2D eigenvalue weighted by molar-refractivity contribution is 0.954. The summed E-state index contributed by atoms with van der Waals surface area (Å²) < 4.78 is 4.61. The fourth-order valence-electron chi connectivity index (χ4n) is 8.72. The molecule has 0 amide bonds. The van der Waals surface area contributed by atoms with Crippen molar-refractivity contribution in [1.82, 2.24) is 19.5 Å². The summed E-state index contributed by atoms with van der Waals surface area (Å²) in [5, 5.41) is 12.4. The van der Waals surface area contributed by atoms with Gasteiger partial charge >= 0.3 is 0 Å². The van der Waals surface area contributed by atoms with E-state index in [1.165, 1.54) is 69.0 Å². The summed E-state index contributed by atoms with van der Waals surface area (Å²) in [7, 11) is 0. The third-order valence-corrected chi connectivity index (χ3v) is 12.4. The van der Waals surface area contributed by atoms with Crippen LogP contribution in [0.2, 0.25) is 0 Å². The number of para-hydroxylation sites is 2. The van der Waals surface area contributed by atoms with Crippen LogP contribution in [0.3, 0.4) is 0 Å². The standard InChI is InChI=1S/C51H30N4S/c1-2-13-31(14-3-1)49-52-50(54-51(53-49)55-44-22-10-8-19-39(44)40-20-9-11-23-45(40)55)42-21-12-24-46-48(42)41-28-26-33(30-47(41)56-46)32-25-27-38-36-17-5-4-15-34(36)35-16-6-7-18-37(35)43(38)29-32/h1-30H. The molecule has 0 unspecified atom stereocenters. The van der Waals surface area contributed by atoms with E-state index in [1.807, 2.05) is 29.5 Å². The van der Waals surface area contributed by atoms with E-state index in [-0.39, 0.29) is 0 Å². The highest BCUT2D eigenvalue weighted by atomic mass is 32.1. The lowest BCUT2D eigenvalue weighted by Gasteiger charge is -2.12. The van der Waals surface area contributed by atoms with Gasteiger partial charge in [0, 0.05) is 42.1 Å². The normalized spacial score (nSPS) is 11.9. The van der Waals surface area contributed by atoms with Crippen LogP contribution in [0.1, 0.15) is 0 Å². The Kier molecular flexibility index (Phi) is 6.76. The van der Waals surface area contributed by atoms with Gasteiger partial charge in [0.15, 0.2) is 11.6 Å². The molecular formula is C51H30N4S. The number of thiophene rings is 1. The molecule has 0 atom stereocenters. The maximum absolute atomic E-state index is 5.29. The smallest absolute Gasteiger partial charge is 0.238 e. The molecule has 0 radical (unpaired) electrons. The van der Waals surface area contributed by atoms with Crippen LogP contribution >= 0.6 is 11.3 Å². The number of hydrogen-bond acceptors (Lipinski definition) is 4. The van der Waals surface area contributed by atoms with E-state index in [1.54, 1.807) is 0 Å². The second-order valence-corrected chi connectivity index (χ2v) is 15.4. The summed E-state index contributed by atoms with van der Waals surface area (Å²) in [6.45, 7) is 0. The van der Waals surface area contributed by atoms with Crippen molar-refractivity contribution in [2.24, 2.45) is 0 Å². The monoisotopic (exact) mass is 730 g/mol. The number of aromatic nitrogens is 4. The van der Waals surface area contributed by atoms with Gasteiger partial charge in [-0.3, -0.25) is 4.57 Å². The highest BCUT2D eigenvalue weighted by molar-refractivity contribution is 7.26. The Hall–Kier alpha value is -7.21. The zero-order chi connectivity index (χ0) is 36.7. The first kappa shape index (κ1) is 31.2. The zero-order valence-electron chi connectivity index (χ0n) is 30.0. The molecule has 0 fully saturated rings. The Morgan fingerprint density at radius 3 is 1.55 bits per heavy atom. The Morgan fingerprint density at radius 1 is 0.339 bits per heavy atom. The Balaban J connectivity index is 1.05. The predicted molar refractivity (Wildman–Crippen MR) is 236 cm³/mol. The van der Waals surface area contributed by atoms with Crippen LogP contribution in [0, 0.1) is 0 Å². The van der Waals surface area contributed by atoms with Gasteiger partial charge in [0.05, 0.1) is 11.0 Å². The van der Waals surface area contributed by atoms with Gasteiger partial charge in [0.1, 0.15) is 0 Å². The molecule has 260 valence electrons. The van der Waals surface area contributed by atoms with Crippen molar-refractivity contribution in [2.45, 2.75) is 0 Å². The summed E-state index contributed by atoms with van der Waals surface area (Å²) in [6, 6.07) is 65.0. The molecule has 12 rings (SSSR count). The summed E-state index contributed by atoms with van der Waals surface area (Å²) in [5.41, 5.74) is 6.47. The van der Waals surface area contributed by atoms with Crippen molar-refractivity contribution in [3.63, 3.8) is 0 Å².